The standard InChI is InChI=1S/C16H18N2O2S/c1-12-5-2-6-13(11-12)21(19,20)18-10-4-7-14-15(17)8-3-9-16(14)18/h2-3,5-6,8-9,11H,4,7,10,17H2,1H3. The first-order valence-electron chi connectivity index (χ1n) is 6.97. The van der Waals surface area contributed by atoms with Crippen LogP contribution in [-0.4, -0.2) is 15.0 Å². The molecular weight excluding hydrogens is 284 g/mol. The third kappa shape index (κ3) is 2.38. The smallest absolute Gasteiger partial charge is 0.264 e. The zero-order valence-electron chi connectivity index (χ0n) is 11.9. The van der Waals surface area contributed by atoms with Gasteiger partial charge < -0.3 is 5.73 Å². The first-order valence-corrected chi connectivity index (χ1v) is 8.41. The van der Waals surface area contributed by atoms with Gasteiger partial charge >= 0.3 is 0 Å². The molecule has 1 aliphatic rings. The van der Waals surface area contributed by atoms with Crippen molar-refractivity contribution in [2.24, 2.45) is 0 Å². The van der Waals surface area contributed by atoms with E-state index in [2.05, 4.69) is 0 Å². The van der Waals surface area contributed by atoms with Crippen LogP contribution in [-0.2, 0) is 16.4 Å². The van der Waals surface area contributed by atoms with Gasteiger partial charge in [0.15, 0.2) is 0 Å². The van der Waals surface area contributed by atoms with E-state index in [1.165, 1.54) is 4.31 Å². The van der Waals surface area contributed by atoms with Crippen molar-refractivity contribution in [2.45, 2.75) is 24.7 Å². The molecule has 0 unspecified atom stereocenters. The first kappa shape index (κ1) is 13.9. The van der Waals surface area contributed by atoms with Crippen LogP contribution in [0.25, 0.3) is 0 Å². The molecule has 2 N–H and O–H groups in total. The molecule has 2 aromatic rings. The Morgan fingerprint density at radius 1 is 1.14 bits per heavy atom. The van der Waals surface area contributed by atoms with Crippen molar-refractivity contribution >= 4 is 21.4 Å². The number of anilines is 2. The van der Waals surface area contributed by atoms with E-state index >= 15 is 0 Å². The second kappa shape index (κ2) is 5.07. The molecule has 0 spiro atoms. The van der Waals surface area contributed by atoms with E-state index in [1.807, 2.05) is 25.1 Å². The molecular formula is C16H18N2O2S. The van der Waals surface area contributed by atoms with Crippen molar-refractivity contribution < 1.29 is 8.42 Å². The monoisotopic (exact) mass is 302 g/mol. The van der Waals surface area contributed by atoms with Crippen LogP contribution in [0.2, 0.25) is 0 Å². The van der Waals surface area contributed by atoms with Crippen LogP contribution in [0.15, 0.2) is 47.4 Å². The summed E-state index contributed by atoms with van der Waals surface area (Å²) in [5, 5.41) is 0. The molecule has 5 heteroatoms. The van der Waals surface area contributed by atoms with Gasteiger partial charge in [-0.2, -0.15) is 0 Å². The van der Waals surface area contributed by atoms with E-state index in [1.54, 1.807) is 24.3 Å². The quantitative estimate of drug-likeness (QED) is 0.868. The molecule has 1 aliphatic heterocycles. The number of hydrogen-bond acceptors (Lipinski definition) is 3. The minimum absolute atomic E-state index is 0.331. The summed E-state index contributed by atoms with van der Waals surface area (Å²) in [4.78, 5) is 0.331. The summed E-state index contributed by atoms with van der Waals surface area (Å²) in [6.45, 7) is 2.38. The van der Waals surface area contributed by atoms with Crippen LogP contribution in [0.3, 0.4) is 0 Å². The van der Waals surface area contributed by atoms with Gasteiger partial charge in [-0.25, -0.2) is 8.42 Å². The van der Waals surface area contributed by atoms with Crippen molar-refractivity contribution in [3.05, 3.63) is 53.6 Å². The molecule has 0 radical (unpaired) electrons. The Labute approximate surface area is 125 Å². The van der Waals surface area contributed by atoms with E-state index in [4.69, 9.17) is 5.73 Å². The Hall–Kier alpha value is -2.01. The molecule has 0 amide bonds. The van der Waals surface area contributed by atoms with E-state index in [0.717, 1.165) is 24.0 Å². The number of nitrogens with zero attached hydrogens (tertiary/aromatic N) is 1. The van der Waals surface area contributed by atoms with Gasteiger partial charge in [0.1, 0.15) is 0 Å². The highest BCUT2D eigenvalue weighted by Gasteiger charge is 2.29. The Morgan fingerprint density at radius 3 is 2.67 bits per heavy atom. The zero-order chi connectivity index (χ0) is 15.0. The minimum atomic E-state index is -3.54. The average molecular weight is 302 g/mol. The highest BCUT2D eigenvalue weighted by atomic mass is 32.2. The largest absolute Gasteiger partial charge is 0.398 e. The van der Waals surface area contributed by atoms with E-state index in [9.17, 15) is 8.42 Å². The predicted octanol–water partition coefficient (Wildman–Crippen LogP) is 2.72. The second-order valence-corrected chi connectivity index (χ2v) is 7.20. The van der Waals surface area contributed by atoms with Gasteiger partial charge in [0.05, 0.1) is 10.6 Å². The predicted molar refractivity (Wildman–Crippen MR) is 84.9 cm³/mol. The van der Waals surface area contributed by atoms with Crippen LogP contribution in [0.5, 0.6) is 0 Å². The summed E-state index contributed by atoms with van der Waals surface area (Å²) in [5.74, 6) is 0. The number of aryl methyl sites for hydroxylation is 1. The Kier molecular flexibility index (Phi) is 3.37. The Morgan fingerprint density at radius 2 is 1.90 bits per heavy atom. The summed E-state index contributed by atoms with van der Waals surface area (Å²) in [7, 11) is -3.54. The summed E-state index contributed by atoms with van der Waals surface area (Å²) < 4.78 is 27.3. The summed E-state index contributed by atoms with van der Waals surface area (Å²) in [6.07, 6.45) is 1.61. The molecule has 0 bridgehead atoms. The van der Waals surface area contributed by atoms with Gasteiger partial charge in [-0.15, -0.1) is 0 Å². The number of nitrogen functional groups attached to an aromatic ring is 1. The van der Waals surface area contributed by atoms with Gasteiger partial charge in [0.2, 0.25) is 0 Å². The molecule has 0 saturated heterocycles. The molecule has 3 rings (SSSR count). The minimum Gasteiger partial charge on any atom is -0.398 e. The molecule has 0 aromatic heterocycles. The van der Waals surface area contributed by atoms with E-state index in [-0.39, 0.29) is 0 Å². The van der Waals surface area contributed by atoms with Gasteiger partial charge in [0, 0.05) is 12.2 Å². The maximum absolute atomic E-state index is 12.9. The molecule has 21 heavy (non-hydrogen) atoms. The number of nitrogens with two attached hydrogens (primary N) is 1. The number of benzene rings is 2. The lowest BCUT2D eigenvalue weighted by molar-refractivity contribution is 0.586. The fourth-order valence-electron chi connectivity index (χ4n) is 2.77. The highest BCUT2D eigenvalue weighted by molar-refractivity contribution is 7.92. The molecule has 1 heterocycles. The lowest BCUT2D eigenvalue weighted by Crippen LogP contribution is -2.35. The fraction of sp³-hybridized carbons (Fsp3) is 0.250. The lowest BCUT2D eigenvalue weighted by Gasteiger charge is -2.31. The topological polar surface area (TPSA) is 63.4 Å². The SMILES string of the molecule is Cc1cccc(S(=O)(=O)N2CCCc3c(N)cccc32)c1. The van der Waals surface area contributed by atoms with Crippen LogP contribution < -0.4 is 10.0 Å². The average Bonchev–Trinajstić information content (AvgIpc) is 2.47. The number of hydrogen-bond donors (Lipinski definition) is 1. The second-order valence-electron chi connectivity index (χ2n) is 5.34. The Balaban J connectivity index is 2.12. The maximum Gasteiger partial charge on any atom is 0.264 e. The molecule has 0 atom stereocenters. The molecule has 0 aliphatic carbocycles. The summed E-state index contributed by atoms with van der Waals surface area (Å²) in [5.41, 5.74) is 9.22. The summed E-state index contributed by atoms with van der Waals surface area (Å²) in [6, 6.07) is 12.5. The number of rotatable bonds is 2. The third-order valence-corrected chi connectivity index (χ3v) is 5.63. The van der Waals surface area contributed by atoms with Crippen molar-refractivity contribution in [1.82, 2.24) is 0 Å². The number of fused-ring (bicyclic) bond motifs is 1. The fourth-order valence-corrected chi connectivity index (χ4v) is 4.41. The van der Waals surface area contributed by atoms with E-state index in [0.29, 0.717) is 22.8 Å². The van der Waals surface area contributed by atoms with Gasteiger partial charge in [-0.05, 0) is 55.2 Å². The maximum atomic E-state index is 12.9. The van der Waals surface area contributed by atoms with Crippen LogP contribution in [0.1, 0.15) is 17.5 Å². The van der Waals surface area contributed by atoms with Crippen LogP contribution >= 0.6 is 0 Å². The van der Waals surface area contributed by atoms with Crippen LogP contribution in [0.4, 0.5) is 11.4 Å². The lowest BCUT2D eigenvalue weighted by atomic mass is 10.0. The Bertz CT molecular complexity index is 785. The molecule has 2 aromatic carbocycles. The normalized spacial score (nSPS) is 14.8. The number of sulfonamides is 1. The van der Waals surface area contributed by atoms with Crippen molar-refractivity contribution in [1.29, 1.82) is 0 Å². The third-order valence-electron chi connectivity index (χ3n) is 3.82. The molecule has 110 valence electrons. The molecule has 4 nitrogen and oxygen atoms in total. The zero-order valence-corrected chi connectivity index (χ0v) is 12.7. The van der Waals surface area contributed by atoms with Gasteiger partial charge in [-0.1, -0.05) is 18.2 Å². The van der Waals surface area contributed by atoms with Crippen LogP contribution in [0, 0.1) is 6.92 Å². The first-order chi connectivity index (χ1) is 10.00. The highest BCUT2D eigenvalue weighted by Crippen LogP contribution is 2.34. The van der Waals surface area contributed by atoms with Gasteiger partial charge in [0.25, 0.3) is 10.0 Å². The summed E-state index contributed by atoms with van der Waals surface area (Å²) >= 11 is 0. The molecule has 0 saturated carbocycles. The molecule has 0 fully saturated rings. The van der Waals surface area contributed by atoms with E-state index < -0.39 is 10.0 Å². The van der Waals surface area contributed by atoms with Crippen molar-refractivity contribution in [3.63, 3.8) is 0 Å². The van der Waals surface area contributed by atoms with Crippen molar-refractivity contribution in [2.75, 3.05) is 16.6 Å². The van der Waals surface area contributed by atoms with Crippen molar-refractivity contribution in [3.8, 4) is 0 Å². The van der Waals surface area contributed by atoms with Gasteiger partial charge in [-0.3, -0.25) is 4.31 Å².